The van der Waals surface area contributed by atoms with Gasteiger partial charge in [0.05, 0.1) is 13.0 Å². The van der Waals surface area contributed by atoms with Gasteiger partial charge in [-0.2, -0.15) is 0 Å². The van der Waals surface area contributed by atoms with Gasteiger partial charge >= 0.3 is 6.03 Å². The van der Waals surface area contributed by atoms with Gasteiger partial charge in [0, 0.05) is 11.3 Å². The van der Waals surface area contributed by atoms with Crippen molar-refractivity contribution in [3.05, 3.63) is 137 Å². The summed E-state index contributed by atoms with van der Waals surface area (Å²) < 4.78 is 13.1. The minimum absolute atomic E-state index is 0.0672. The van der Waals surface area contributed by atoms with E-state index in [1.807, 2.05) is 12.1 Å². The molecule has 0 radical (unpaired) electrons. The van der Waals surface area contributed by atoms with Crippen molar-refractivity contribution in [2.24, 2.45) is 0 Å². The normalized spacial score (nSPS) is 14.1. The van der Waals surface area contributed by atoms with Crippen molar-refractivity contribution < 1.29 is 23.6 Å². The molecule has 4 amide bonds. The molecule has 0 bridgehead atoms. The summed E-state index contributed by atoms with van der Waals surface area (Å²) in [5.41, 5.74) is 1.15. The lowest BCUT2D eigenvalue weighted by Gasteiger charge is -2.28. The molecule has 5 rings (SSSR count). The summed E-state index contributed by atoms with van der Waals surface area (Å²) in [5.74, 6) is -1.64. The van der Waals surface area contributed by atoms with E-state index in [2.05, 4.69) is 10.6 Å². The maximum absolute atomic E-state index is 13.8. The number of amides is 4. The van der Waals surface area contributed by atoms with Gasteiger partial charge in [-0.1, -0.05) is 72.8 Å². The molecule has 0 saturated carbocycles. The highest BCUT2D eigenvalue weighted by molar-refractivity contribution is 6.13. The third-order valence-corrected chi connectivity index (χ3v) is 6.59. The predicted octanol–water partition coefficient (Wildman–Crippen LogP) is 4.69. The Bertz CT molecular complexity index is 1480. The van der Waals surface area contributed by atoms with Gasteiger partial charge in [-0.25, -0.2) is 9.18 Å². The topological polar surface area (TPSA) is 95.6 Å². The van der Waals surface area contributed by atoms with Crippen LogP contribution in [-0.4, -0.2) is 35.1 Å². The smallest absolute Gasteiger partial charge is 0.325 e. The molecule has 8 heteroatoms. The highest BCUT2D eigenvalue weighted by atomic mass is 19.1. The second-order valence-electron chi connectivity index (χ2n) is 9.16. The molecule has 4 aromatic carbocycles. The molecule has 1 saturated heterocycles. The van der Waals surface area contributed by atoms with Crippen molar-refractivity contribution in [3.63, 3.8) is 0 Å². The summed E-state index contributed by atoms with van der Waals surface area (Å²) in [7, 11) is 0. The molecule has 0 aliphatic carbocycles. The van der Waals surface area contributed by atoms with E-state index in [1.165, 1.54) is 36.4 Å². The fourth-order valence-electron chi connectivity index (χ4n) is 4.62. The number of hydrogen-bond acceptors (Lipinski definition) is 4. The molecule has 0 aromatic heterocycles. The number of anilines is 1. The van der Waals surface area contributed by atoms with E-state index >= 15 is 0 Å². The third kappa shape index (κ3) is 5.17. The maximum Gasteiger partial charge on any atom is 0.325 e. The fourth-order valence-corrected chi connectivity index (χ4v) is 4.62. The number of Topliss-reactive ketones (excluding diaryl/α,β-unsaturated/α-hetero) is 1. The van der Waals surface area contributed by atoms with Crippen LogP contribution in [0.15, 0.2) is 109 Å². The molecule has 4 aromatic rings. The van der Waals surface area contributed by atoms with Crippen LogP contribution in [-0.2, 0) is 21.5 Å². The number of ketones is 1. The Kier molecular flexibility index (Phi) is 7.01. The molecule has 7 nitrogen and oxygen atoms in total. The van der Waals surface area contributed by atoms with Crippen molar-refractivity contribution in [2.75, 3.05) is 11.9 Å². The van der Waals surface area contributed by atoms with Crippen LogP contribution < -0.4 is 10.6 Å². The summed E-state index contributed by atoms with van der Waals surface area (Å²) in [6.07, 6.45) is 0.0672. The summed E-state index contributed by atoms with van der Waals surface area (Å²) in [4.78, 5) is 53.1. The van der Waals surface area contributed by atoms with Crippen LogP contribution in [0.3, 0.4) is 0 Å². The number of halogens is 1. The van der Waals surface area contributed by atoms with E-state index in [9.17, 15) is 23.6 Å². The zero-order valence-corrected chi connectivity index (χ0v) is 20.8. The van der Waals surface area contributed by atoms with Crippen LogP contribution in [0.2, 0.25) is 0 Å². The number of carbonyl (C=O) groups is 4. The average Bonchev–Trinajstić information content (AvgIpc) is 3.21. The van der Waals surface area contributed by atoms with Crippen molar-refractivity contribution in [2.45, 2.75) is 12.0 Å². The second kappa shape index (κ2) is 10.7. The summed E-state index contributed by atoms with van der Waals surface area (Å²) >= 11 is 0. The average molecular weight is 522 g/mol. The molecule has 39 heavy (non-hydrogen) atoms. The molecule has 1 aliphatic rings. The summed E-state index contributed by atoms with van der Waals surface area (Å²) in [5, 5.41) is 5.56. The highest BCUT2D eigenvalue weighted by Gasteiger charge is 2.54. The van der Waals surface area contributed by atoms with Gasteiger partial charge < -0.3 is 10.6 Å². The predicted molar refractivity (Wildman–Crippen MR) is 143 cm³/mol. The number of imide groups is 1. The standard InChI is InChI=1S/C31H24FN3O4/c32-25-15-11-21(12-16-25)19-28(37)33-26-17-13-22(14-18-26)27(36)20-35-29(38)31(34-30(35)39,23-7-3-1-4-8-23)24-9-5-2-6-10-24/h1-18H,19-20H2,(H,33,37)(H,34,39). The Morgan fingerprint density at radius 2 is 1.33 bits per heavy atom. The lowest BCUT2D eigenvalue weighted by atomic mass is 9.82. The van der Waals surface area contributed by atoms with Crippen LogP contribution in [0.4, 0.5) is 14.9 Å². The van der Waals surface area contributed by atoms with E-state index in [0.29, 0.717) is 22.4 Å². The maximum atomic E-state index is 13.8. The number of nitrogens with one attached hydrogen (secondary N) is 2. The van der Waals surface area contributed by atoms with Crippen molar-refractivity contribution >= 4 is 29.3 Å². The fraction of sp³-hybridized carbons (Fsp3) is 0.0968. The minimum Gasteiger partial charge on any atom is -0.326 e. The van der Waals surface area contributed by atoms with Gasteiger partial charge in [0.1, 0.15) is 5.82 Å². The largest absolute Gasteiger partial charge is 0.326 e. The molecule has 0 unspecified atom stereocenters. The Labute approximate surface area is 224 Å². The number of urea groups is 1. The second-order valence-corrected chi connectivity index (χ2v) is 9.16. The third-order valence-electron chi connectivity index (χ3n) is 6.59. The molecule has 0 atom stereocenters. The number of rotatable bonds is 8. The van der Waals surface area contributed by atoms with Gasteiger partial charge in [0.25, 0.3) is 5.91 Å². The number of carbonyl (C=O) groups excluding carboxylic acids is 4. The molecule has 1 fully saturated rings. The van der Waals surface area contributed by atoms with Gasteiger partial charge in [0.15, 0.2) is 11.3 Å². The first kappa shape index (κ1) is 25.5. The zero-order valence-electron chi connectivity index (χ0n) is 20.8. The Hall–Kier alpha value is -5.11. The number of nitrogens with zero attached hydrogens (tertiary/aromatic N) is 1. The van der Waals surface area contributed by atoms with Crippen LogP contribution in [0.1, 0.15) is 27.0 Å². The van der Waals surface area contributed by atoms with Gasteiger partial charge in [-0.05, 0) is 53.1 Å². The first-order valence-corrected chi connectivity index (χ1v) is 12.3. The Morgan fingerprint density at radius 1 is 0.769 bits per heavy atom. The van der Waals surface area contributed by atoms with Gasteiger partial charge in [-0.15, -0.1) is 0 Å². The summed E-state index contributed by atoms with van der Waals surface area (Å²) in [6, 6.07) is 29.0. The quantitative estimate of drug-likeness (QED) is 0.260. The van der Waals surface area contributed by atoms with E-state index in [0.717, 1.165) is 4.90 Å². The monoisotopic (exact) mass is 521 g/mol. The van der Waals surface area contributed by atoms with E-state index in [4.69, 9.17) is 0 Å². The lowest BCUT2D eigenvalue weighted by molar-refractivity contribution is -0.130. The lowest BCUT2D eigenvalue weighted by Crippen LogP contribution is -2.45. The van der Waals surface area contributed by atoms with Crippen molar-refractivity contribution in [1.29, 1.82) is 0 Å². The minimum atomic E-state index is -1.45. The molecular weight excluding hydrogens is 497 g/mol. The first-order valence-electron chi connectivity index (χ1n) is 12.3. The van der Waals surface area contributed by atoms with Crippen LogP contribution in [0.5, 0.6) is 0 Å². The first-order chi connectivity index (χ1) is 18.9. The Balaban J connectivity index is 1.30. The van der Waals surface area contributed by atoms with Crippen molar-refractivity contribution in [1.82, 2.24) is 10.2 Å². The number of benzene rings is 4. The molecule has 2 N–H and O–H groups in total. The molecule has 0 spiro atoms. The van der Waals surface area contributed by atoms with E-state index in [1.54, 1.807) is 60.7 Å². The van der Waals surface area contributed by atoms with Gasteiger partial charge in [0.2, 0.25) is 5.91 Å². The van der Waals surface area contributed by atoms with Crippen LogP contribution >= 0.6 is 0 Å². The Morgan fingerprint density at radius 3 is 1.90 bits per heavy atom. The van der Waals surface area contributed by atoms with Crippen LogP contribution in [0, 0.1) is 5.82 Å². The molecular formula is C31H24FN3O4. The summed E-state index contributed by atoms with van der Waals surface area (Å²) in [6.45, 7) is -0.442. The highest BCUT2D eigenvalue weighted by Crippen LogP contribution is 2.36. The molecule has 1 aliphatic heterocycles. The molecule has 194 valence electrons. The van der Waals surface area contributed by atoms with Crippen molar-refractivity contribution in [3.8, 4) is 0 Å². The van der Waals surface area contributed by atoms with E-state index in [-0.39, 0.29) is 23.7 Å². The molecule has 1 heterocycles. The SMILES string of the molecule is O=C(Cc1ccc(F)cc1)Nc1ccc(C(=O)CN2C(=O)NC(c3ccccc3)(c3ccccc3)C2=O)cc1. The zero-order chi connectivity index (χ0) is 27.4. The van der Waals surface area contributed by atoms with Gasteiger partial charge in [-0.3, -0.25) is 19.3 Å². The van der Waals surface area contributed by atoms with Crippen LogP contribution in [0.25, 0.3) is 0 Å². The number of hydrogen-bond donors (Lipinski definition) is 2. The van der Waals surface area contributed by atoms with E-state index < -0.39 is 29.8 Å².